The average molecular weight is 373 g/mol. The summed E-state index contributed by atoms with van der Waals surface area (Å²) >= 11 is 0. The van der Waals surface area contributed by atoms with Gasteiger partial charge < -0.3 is 5.32 Å². The summed E-state index contributed by atoms with van der Waals surface area (Å²) in [6.07, 6.45) is 1.38. The average Bonchev–Trinajstić information content (AvgIpc) is 3.05. The molecule has 3 rings (SSSR count). The molecular weight excluding hydrogens is 350 g/mol. The summed E-state index contributed by atoms with van der Waals surface area (Å²) in [5.41, 5.74) is 3.17. The first-order valence-corrected chi connectivity index (χ1v) is 10.2. The molecule has 0 bridgehead atoms. The predicted molar refractivity (Wildman–Crippen MR) is 103 cm³/mol. The van der Waals surface area contributed by atoms with E-state index in [9.17, 15) is 13.2 Å². The molecule has 0 spiro atoms. The van der Waals surface area contributed by atoms with Gasteiger partial charge in [-0.3, -0.25) is 9.62 Å². The molecule has 1 aliphatic heterocycles. The maximum atomic E-state index is 12.8. The van der Waals surface area contributed by atoms with E-state index in [1.54, 1.807) is 29.2 Å². The van der Waals surface area contributed by atoms with Crippen molar-refractivity contribution in [2.75, 3.05) is 22.7 Å². The highest BCUT2D eigenvalue weighted by Crippen LogP contribution is 2.31. The molecule has 7 heteroatoms. The third kappa shape index (κ3) is 3.53. The van der Waals surface area contributed by atoms with Gasteiger partial charge in [0.25, 0.3) is 10.0 Å². The first-order valence-electron chi connectivity index (χ1n) is 8.75. The molecule has 0 aliphatic carbocycles. The highest BCUT2D eigenvalue weighted by molar-refractivity contribution is 7.92. The minimum Gasteiger partial charge on any atom is -0.338 e. The first-order chi connectivity index (χ1) is 12.5. The maximum Gasteiger partial charge on any atom is 0.321 e. The van der Waals surface area contributed by atoms with Crippen molar-refractivity contribution >= 4 is 27.4 Å². The first kappa shape index (κ1) is 18.3. The van der Waals surface area contributed by atoms with Crippen LogP contribution in [0.3, 0.4) is 0 Å². The van der Waals surface area contributed by atoms with Gasteiger partial charge in [-0.1, -0.05) is 25.1 Å². The number of benzene rings is 2. The van der Waals surface area contributed by atoms with Crippen LogP contribution in [0.15, 0.2) is 47.4 Å². The number of rotatable bonds is 5. The zero-order chi connectivity index (χ0) is 18.7. The van der Waals surface area contributed by atoms with Crippen molar-refractivity contribution in [2.24, 2.45) is 0 Å². The molecule has 2 amide bonds. The van der Waals surface area contributed by atoms with Gasteiger partial charge >= 0.3 is 6.03 Å². The van der Waals surface area contributed by atoms with Crippen molar-refractivity contribution in [1.82, 2.24) is 5.32 Å². The number of nitrogens with one attached hydrogen (secondary N) is 2. The molecule has 0 radical (unpaired) electrons. The SMILES string of the molecule is CCNC(=O)N1CCc2cc(S(=O)(=O)Nc3ccccc3CC)ccc21. The Bertz CT molecular complexity index is 925. The third-order valence-corrected chi connectivity index (χ3v) is 5.84. The minimum atomic E-state index is -3.68. The van der Waals surface area contributed by atoms with Crippen LogP contribution in [0, 0.1) is 0 Å². The second kappa shape index (κ2) is 7.37. The summed E-state index contributed by atoms with van der Waals surface area (Å²) < 4.78 is 28.2. The molecule has 2 aromatic rings. The van der Waals surface area contributed by atoms with E-state index in [0.29, 0.717) is 25.2 Å². The molecule has 6 nitrogen and oxygen atoms in total. The minimum absolute atomic E-state index is 0.156. The van der Waals surface area contributed by atoms with Crippen LogP contribution in [-0.4, -0.2) is 27.5 Å². The molecule has 0 aromatic heterocycles. The smallest absolute Gasteiger partial charge is 0.321 e. The number of hydrogen-bond donors (Lipinski definition) is 2. The molecule has 2 N–H and O–H groups in total. The summed E-state index contributed by atoms with van der Waals surface area (Å²) in [5.74, 6) is 0. The number of carbonyl (C=O) groups excluding carboxylic acids is 1. The van der Waals surface area contributed by atoms with E-state index in [2.05, 4.69) is 10.0 Å². The molecule has 0 saturated heterocycles. The molecule has 0 atom stereocenters. The van der Waals surface area contributed by atoms with Crippen LogP contribution in [0.25, 0.3) is 0 Å². The van der Waals surface area contributed by atoms with Crippen LogP contribution in [0.4, 0.5) is 16.2 Å². The van der Waals surface area contributed by atoms with Gasteiger partial charge in [-0.25, -0.2) is 13.2 Å². The maximum absolute atomic E-state index is 12.8. The van der Waals surface area contributed by atoms with E-state index in [1.165, 1.54) is 0 Å². The lowest BCUT2D eigenvalue weighted by atomic mass is 10.1. The number of sulfonamides is 1. The van der Waals surface area contributed by atoms with Crippen molar-refractivity contribution in [3.8, 4) is 0 Å². The van der Waals surface area contributed by atoms with Crippen LogP contribution < -0.4 is 14.9 Å². The molecule has 1 aliphatic rings. The Morgan fingerprint density at radius 1 is 1.15 bits per heavy atom. The number of amides is 2. The number of hydrogen-bond acceptors (Lipinski definition) is 3. The van der Waals surface area contributed by atoms with Gasteiger partial charge in [0.05, 0.1) is 10.6 Å². The van der Waals surface area contributed by atoms with Gasteiger partial charge in [0, 0.05) is 18.8 Å². The number of nitrogens with zero attached hydrogens (tertiary/aromatic N) is 1. The monoisotopic (exact) mass is 373 g/mol. The van der Waals surface area contributed by atoms with Gasteiger partial charge in [-0.15, -0.1) is 0 Å². The summed E-state index contributed by atoms with van der Waals surface area (Å²) in [7, 11) is -3.68. The van der Waals surface area contributed by atoms with Gasteiger partial charge in [-0.05, 0) is 55.2 Å². The lowest BCUT2D eigenvalue weighted by Gasteiger charge is -2.18. The molecule has 0 fully saturated rings. The Kier molecular flexibility index (Phi) is 5.18. The Morgan fingerprint density at radius 3 is 2.65 bits per heavy atom. The second-order valence-electron chi connectivity index (χ2n) is 6.14. The Hall–Kier alpha value is -2.54. The number of aryl methyl sites for hydroxylation is 1. The van der Waals surface area contributed by atoms with Gasteiger partial charge in [0.15, 0.2) is 0 Å². The summed E-state index contributed by atoms with van der Waals surface area (Å²) in [5, 5.41) is 2.77. The van der Waals surface area contributed by atoms with E-state index in [-0.39, 0.29) is 10.9 Å². The number of fused-ring (bicyclic) bond motifs is 1. The van der Waals surface area contributed by atoms with E-state index >= 15 is 0 Å². The van der Waals surface area contributed by atoms with Gasteiger partial charge in [0.1, 0.15) is 0 Å². The summed E-state index contributed by atoms with van der Waals surface area (Å²) in [6, 6.07) is 12.1. The van der Waals surface area contributed by atoms with Crippen LogP contribution in [-0.2, 0) is 22.9 Å². The van der Waals surface area contributed by atoms with Crippen LogP contribution in [0.1, 0.15) is 25.0 Å². The molecule has 1 heterocycles. The van der Waals surface area contributed by atoms with Crippen LogP contribution >= 0.6 is 0 Å². The number of urea groups is 1. The molecule has 0 unspecified atom stereocenters. The lowest BCUT2D eigenvalue weighted by molar-refractivity contribution is 0.247. The molecular formula is C19H23N3O3S. The quantitative estimate of drug-likeness (QED) is 0.845. The van der Waals surface area contributed by atoms with Crippen molar-refractivity contribution < 1.29 is 13.2 Å². The Morgan fingerprint density at radius 2 is 1.92 bits per heavy atom. The zero-order valence-electron chi connectivity index (χ0n) is 15.0. The highest BCUT2D eigenvalue weighted by atomic mass is 32.2. The van der Waals surface area contributed by atoms with Crippen molar-refractivity contribution in [3.05, 3.63) is 53.6 Å². The second-order valence-corrected chi connectivity index (χ2v) is 7.83. The zero-order valence-corrected chi connectivity index (χ0v) is 15.8. The Labute approximate surface area is 154 Å². The van der Waals surface area contributed by atoms with E-state index in [1.807, 2.05) is 32.0 Å². The standard InChI is InChI=1S/C19H23N3O3S/c1-3-14-7-5-6-8-17(14)21-26(24,25)16-9-10-18-15(13-16)11-12-22(18)19(23)20-4-2/h5-10,13,21H,3-4,11-12H2,1-2H3,(H,20,23). The van der Waals surface area contributed by atoms with E-state index in [0.717, 1.165) is 23.2 Å². The van der Waals surface area contributed by atoms with Gasteiger partial charge in [0.2, 0.25) is 0 Å². The highest BCUT2D eigenvalue weighted by Gasteiger charge is 2.26. The summed E-state index contributed by atoms with van der Waals surface area (Å²) in [4.78, 5) is 13.9. The number of carbonyl (C=O) groups is 1. The van der Waals surface area contributed by atoms with Gasteiger partial charge in [-0.2, -0.15) is 0 Å². The fourth-order valence-electron chi connectivity index (χ4n) is 3.13. The van der Waals surface area contributed by atoms with Crippen molar-refractivity contribution in [1.29, 1.82) is 0 Å². The number of para-hydroxylation sites is 1. The summed E-state index contributed by atoms with van der Waals surface area (Å²) in [6.45, 7) is 4.96. The molecule has 26 heavy (non-hydrogen) atoms. The fraction of sp³-hybridized carbons (Fsp3) is 0.316. The molecule has 138 valence electrons. The largest absolute Gasteiger partial charge is 0.338 e. The van der Waals surface area contributed by atoms with Crippen molar-refractivity contribution in [3.63, 3.8) is 0 Å². The molecule has 0 saturated carbocycles. The third-order valence-electron chi connectivity index (χ3n) is 4.47. The van der Waals surface area contributed by atoms with E-state index in [4.69, 9.17) is 0 Å². The lowest BCUT2D eigenvalue weighted by Crippen LogP contribution is -2.38. The Balaban J connectivity index is 1.87. The number of anilines is 2. The van der Waals surface area contributed by atoms with Crippen molar-refractivity contribution in [2.45, 2.75) is 31.6 Å². The fourth-order valence-corrected chi connectivity index (χ4v) is 4.29. The van der Waals surface area contributed by atoms with Crippen LogP contribution in [0.5, 0.6) is 0 Å². The van der Waals surface area contributed by atoms with E-state index < -0.39 is 10.0 Å². The normalized spacial score (nSPS) is 13.4. The van der Waals surface area contributed by atoms with Crippen LogP contribution in [0.2, 0.25) is 0 Å². The molecule has 2 aromatic carbocycles. The predicted octanol–water partition coefficient (Wildman–Crippen LogP) is 3.14. The topological polar surface area (TPSA) is 78.5 Å².